The van der Waals surface area contributed by atoms with Crippen LogP contribution < -0.4 is 5.73 Å². The van der Waals surface area contributed by atoms with Gasteiger partial charge in [0.15, 0.2) is 5.82 Å². The average molecular weight is 237 g/mol. The van der Waals surface area contributed by atoms with E-state index in [0.717, 1.165) is 29.9 Å². The quantitative estimate of drug-likeness (QED) is 0.854. The summed E-state index contributed by atoms with van der Waals surface area (Å²) < 4.78 is 5.62. The van der Waals surface area contributed by atoms with E-state index in [1.54, 1.807) is 7.11 Å². The molecule has 0 bridgehead atoms. The molecule has 96 valence electrons. The van der Waals surface area contributed by atoms with E-state index in [-0.39, 0.29) is 11.6 Å². The Hall–Kier alpha value is -1.00. The Morgan fingerprint density at radius 3 is 2.35 bits per heavy atom. The normalized spacial score (nSPS) is 13.8. The van der Waals surface area contributed by atoms with Crippen molar-refractivity contribution in [2.75, 3.05) is 7.11 Å². The Bertz CT molecular complexity index is 365. The predicted molar refractivity (Wildman–Crippen MR) is 68.6 cm³/mol. The van der Waals surface area contributed by atoms with Gasteiger partial charge in [-0.1, -0.05) is 13.8 Å². The zero-order valence-electron chi connectivity index (χ0n) is 11.4. The number of rotatable bonds is 5. The smallest absolute Gasteiger partial charge is 0.160 e. The topological polar surface area (TPSA) is 61.0 Å². The van der Waals surface area contributed by atoms with Crippen LogP contribution in [0.4, 0.5) is 0 Å². The van der Waals surface area contributed by atoms with Crippen LogP contribution in [0.25, 0.3) is 0 Å². The van der Waals surface area contributed by atoms with Crippen LogP contribution in [0.3, 0.4) is 0 Å². The van der Waals surface area contributed by atoms with Gasteiger partial charge in [-0.2, -0.15) is 0 Å². The minimum atomic E-state index is -0.374. The molecule has 1 heterocycles. The Morgan fingerprint density at radius 2 is 2.00 bits per heavy atom. The molecule has 0 saturated heterocycles. The molecule has 0 saturated carbocycles. The summed E-state index contributed by atoms with van der Waals surface area (Å²) >= 11 is 0. The van der Waals surface area contributed by atoms with Crippen molar-refractivity contribution in [3.63, 3.8) is 0 Å². The predicted octanol–water partition coefficient (Wildman–Crippen LogP) is 2.47. The molecule has 0 aliphatic heterocycles. The molecule has 0 spiro atoms. The molecule has 0 amide bonds. The fourth-order valence-electron chi connectivity index (χ4n) is 2.09. The van der Waals surface area contributed by atoms with Crippen LogP contribution in [0.5, 0.6) is 0 Å². The van der Waals surface area contributed by atoms with Gasteiger partial charge in [0.2, 0.25) is 0 Å². The SMILES string of the molecule is CCC(CC)(OC)c1ncc([C@H](C)N)c(C)n1. The van der Waals surface area contributed by atoms with Crippen LogP contribution >= 0.6 is 0 Å². The van der Waals surface area contributed by atoms with Crippen LogP contribution in [0, 0.1) is 6.92 Å². The summed E-state index contributed by atoms with van der Waals surface area (Å²) in [6.45, 7) is 8.08. The Kier molecular flexibility index (Phi) is 4.60. The summed E-state index contributed by atoms with van der Waals surface area (Å²) in [7, 11) is 1.71. The van der Waals surface area contributed by atoms with Gasteiger partial charge in [0.25, 0.3) is 0 Å². The third kappa shape index (κ3) is 2.64. The second-order valence-corrected chi connectivity index (χ2v) is 4.43. The van der Waals surface area contributed by atoms with E-state index in [9.17, 15) is 0 Å². The van der Waals surface area contributed by atoms with Gasteiger partial charge in [-0.25, -0.2) is 9.97 Å². The van der Waals surface area contributed by atoms with Gasteiger partial charge < -0.3 is 10.5 Å². The first-order chi connectivity index (χ1) is 8.00. The van der Waals surface area contributed by atoms with E-state index in [4.69, 9.17) is 10.5 Å². The van der Waals surface area contributed by atoms with Crippen LogP contribution in [0.15, 0.2) is 6.20 Å². The first kappa shape index (κ1) is 14.1. The Balaban J connectivity index is 3.20. The lowest BCUT2D eigenvalue weighted by Crippen LogP contribution is -2.30. The maximum Gasteiger partial charge on any atom is 0.160 e. The van der Waals surface area contributed by atoms with E-state index < -0.39 is 0 Å². The monoisotopic (exact) mass is 237 g/mol. The number of aryl methyl sites for hydroxylation is 1. The number of nitrogens with zero attached hydrogens (tertiary/aromatic N) is 2. The highest BCUT2D eigenvalue weighted by Crippen LogP contribution is 2.30. The van der Waals surface area contributed by atoms with E-state index in [2.05, 4.69) is 23.8 Å². The van der Waals surface area contributed by atoms with Crippen molar-refractivity contribution in [2.24, 2.45) is 5.73 Å². The first-order valence-electron chi connectivity index (χ1n) is 6.15. The molecule has 0 aliphatic rings. The minimum Gasteiger partial charge on any atom is -0.370 e. The maximum absolute atomic E-state index is 5.86. The van der Waals surface area contributed by atoms with Crippen LogP contribution in [-0.4, -0.2) is 17.1 Å². The van der Waals surface area contributed by atoms with Crippen molar-refractivity contribution in [1.82, 2.24) is 9.97 Å². The van der Waals surface area contributed by atoms with Gasteiger partial charge in [0, 0.05) is 30.6 Å². The highest BCUT2D eigenvalue weighted by molar-refractivity contribution is 5.21. The molecular weight excluding hydrogens is 214 g/mol. The van der Waals surface area contributed by atoms with Gasteiger partial charge in [-0.05, 0) is 26.7 Å². The summed E-state index contributed by atoms with van der Waals surface area (Å²) in [5, 5.41) is 0. The molecule has 1 rings (SSSR count). The molecule has 0 aliphatic carbocycles. The van der Waals surface area contributed by atoms with Crippen LogP contribution in [0.2, 0.25) is 0 Å². The Labute approximate surface area is 104 Å². The first-order valence-corrected chi connectivity index (χ1v) is 6.15. The lowest BCUT2D eigenvalue weighted by Gasteiger charge is -2.29. The number of aromatic nitrogens is 2. The third-order valence-electron chi connectivity index (χ3n) is 3.45. The lowest BCUT2D eigenvalue weighted by atomic mass is 9.95. The molecule has 2 N–H and O–H groups in total. The second kappa shape index (κ2) is 5.56. The van der Waals surface area contributed by atoms with Crippen molar-refractivity contribution < 1.29 is 4.74 Å². The maximum atomic E-state index is 5.86. The summed E-state index contributed by atoms with van der Waals surface area (Å²) in [6, 6.07) is -0.0377. The zero-order valence-corrected chi connectivity index (χ0v) is 11.4. The molecule has 0 fully saturated rings. The molecule has 0 radical (unpaired) electrons. The molecule has 1 atom stereocenters. The van der Waals surface area contributed by atoms with Crippen LogP contribution in [0.1, 0.15) is 56.7 Å². The summed E-state index contributed by atoms with van der Waals surface area (Å²) in [6.07, 6.45) is 3.54. The molecule has 0 aromatic carbocycles. The Morgan fingerprint density at radius 1 is 1.41 bits per heavy atom. The number of hydrogen-bond donors (Lipinski definition) is 1. The standard InChI is InChI=1S/C13H23N3O/c1-6-13(7-2,17-5)12-15-8-11(9(3)14)10(4)16-12/h8-9H,6-7,14H2,1-5H3/t9-/m0/s1. The lowest BCUT2D eigenvalue weighted by molar-refractivity contribution is -0.0293. The van der Waals surface area contributed by atoms with Crippen molar-refractivity contribution in [2.45, 2.75) is 52.2 Å². The second-order valence-electron chi connectivity index (χ2n) is 4.43. The fourth-order valence-corrected chi connectivity index (χ4v) is 2.09. The summed E-state index contributed by atoms with van der Waals surface area (Å²) in [5.74, 6) is 0.756. The highest BCUT2D eigenvalue weighted by Gasteiger charge is 2.31. The summed E-state index contributed by atoms with van der Waals surface area (Å²) in [4.78, 5) is 8.99. The van der Waals surface area contributed by atoms with Crippen molar-refractivity contribution >= 4 is 0 Å². The summed E-state index contributed by atoms with van der Waals surface area (Å²) in [5.41, 5.74) is 7.42. The largest absolute Gasteiger partial charge is 0.370 e. The zero-order chi connectivity index (χ0) is 13.1. The van der Waals surface area contributed by atoms with E-state index in [1.165, 1.54) is 0 Å². The van der Waals surface area contributed by atoms with Gasteiger partial charge >= 0.3 is 0 Å². The molecule has 0 unspecified atom stereocenters. The average Bonchev–Trinajstić information content (AvgIpc) is 2.32. The molecule has 1 aromatic rings. The number of hydrogen-bond acceptors (Lipinski definition) is 4. The van der Waals surface area contributed by atoms with Crippen molar-refractivity contribution in [1.29, 1.82) is 0 Å². The van der Waals surface area contributed by atoms with E-state index in [1.807, 2.05) is 20.0 Å². The third-order valence-corrected chi connectivity index (χ3v) is 3.45. The minimum absolute atomic E-state index is 0.0377. The van der Waals surface area contributed by atoms with Gasteiger partial charge in [-0.3, -0.25) is 0 Å². The van der Waals surface area contributed by atoms with Crippen LogP contribution in [-0.2, 0) is 10.3 Å². The van der Waals surface area contributed by atoms with E-state index >= 15 is 0 Å². The van der Waals surface area contributed by atoms with Gasteiger partial charge in [0.05, 0.1) is 0 Å². The molecule has 4 heteroatoms. The molecule has 1 aromatic heterocycles. The molecular formula is C13H23N3O. The van der Waals surface area contributed by atoms with Crippen molar-refractivity contribution in [3.05, 3.63) is 23.3 Å². The van der Waals surface area contributed by atoms with E-state index in [0.29, 0.717) is 0 Å². The van der Waals surface area contributed by atoms with Crippen molar-refractivity contribution in [3.8, 4) is 0 Å². The molecule has 17 heavy (non-hydrogen) atoms. The molecule has 4 nitrogen and oxygen atoms in total. The number of ether oxygens (including phenoxy) is 1. The fraction of sp³-hybridized carbons (Fsp3) is 0.692. The van der Waals surface area contributed by atoms with Gasteiger partial charge in [0.1, 0.15) is 5.60 Å². The van der Waals surface area contributed by atoms with Gasteiger partial charge in [-0.15, -0.1) is 0 Å². The number of methoxy groups -OCH3 is 1. The number of nitrogens with two attached hydrogens (primary N) is 1. The highest BCUT2D eigenvalue weighted by atomic mass is 16.5.